The molecule has 1 atom stereocenters. The summed E-state index contributed by atoms with van der Waals surface area (Å²) >= 11 is 0. The van der Waals surface area contributed by atoms with E-state index in [2.05, 4.69) is 167 Å². The van der Waals surface area contributed by atoms with Crippen LogP contribution in [0.25, 0.3) is 0 Å². The number of carbonyl (C=O) groups is 3. The van der Waals surface area contributed by atoms with E-state index in [4.69, 9.17) is 14.2 Å². The second kappa shape index (κ2) is 63.8. The molecule has 0 aliphatic carbocycles. The van der Waals surface area contributed by atoms with Crippen molar-refractivity contribution in [3.05, 3.63) is 146 Å². The quantitative estimate of drug-likeness (QED) is 0.0261. The van der Waals surface area contributed by atoms with Crippen LogP contribution in [0.5, 0.6) is 0 Å². The summed E-state index contributed by atoms with van der Waals surface area (Å²) in [5.41, 5.74) is 0. The maximum atomic E-state index is 12.9. The number of hydrogen-bond acceptors (Lipinski definition) is 6. The average molecular weight is 1060 g/mol. The molecule has 0 spiro atoms. The summed E-state index contributed by atoms with van der Waals surface area (Å²) in [6.07, 6.45) is 91.4. The Kier molecular flexibility index (Phi) is 59.9. The van der Waals surface area contributed by atoms with E-state index in [0.717, 1.165) is 154 Å². The van der Waals surface area contributed by atoms with Crippen molar-refractivity contribution in [2.45, 2.75) is 271 Å². The van der Waals surface area contributed by atoms with Crippen molar-refractivity contribution in [1.29, 1.82) is 0 Å². The van der Waals surface area contributed by atoms with Crippen LogP contribution in [0, 0.1) is 0 Å². The lowest BCUT2D eigenvalue weighted by Gasteiger charge is -2.18. The summed E-state index contributed by atoms with van der Waals surface area (Å²) in [7, 11) is 0. The summed E-state index contributed by atoms with van der Waals surface area (Å²) in [6.45, 7) is 6.25. The molecule has 0 amide bonds. The van der Waals surface area contributed by atoms with Gasteiger partial charge < -0.3 is 14.2 Å². The Morgan fingerprint density at radius 2 is 0.468 bits per heavy atom. The minimum atomic E-state index is -0.810. The van der Waals surface area contributed by atoms with Crippen LogP contribution in [0.2, 0.25) is 0 Å². The van der Waals surface area contributed by atoms with E-state index in [9.17, 15) is 14.4 Å². The first kappa shape index (κ1) is 72.3. The lowest BCUT2D eigenvalue weighted by Crippen LogP contribution is -2.30. The first-order chi connectivity index (χ1) is 38.0. The Bertz CT molecular complexity index is 1700. The molecule has 0 radical (unpaired) electrons. The number of unbranched alkanes of at least 4 members (excludes halogenated alkanes) is 20. The van der Waals surface area contributed by atoms with Gasteiger partial charge in [-0.3, -0.25) is 14.4 Å². The van der Waals surface area contributed by atoms with Crippen LogP contribution in [0.15, 0.2) is 146 Å². The molecule has 0 rings (SSSR count). The number of ether oxygens (including phenoxy) is 3. The molecule has 0 fully saturated rings. The number of esters is 3. The third-order valence-electron chi connectivity index (χ3n) is 12.8. The molecular formula is C71H114O6. The lowest BCUT2D eigenvalue weighted by atomic mass is 10.0. The standard InChI is InChI=1S/C71H114O6/c1-4-7-10-13-16-19-22-25-27-29-30-31-32-33-34-35-36-37-38-39-40-42-43-46-49-52-55-58-61-64-70(73)76-67-68(66-75-69(72)63-60-57-54-51-48-45-24-21-18-15-12-9-6-3)77-71(74)65-62-59-56-53-50-47-44-41-28-26-23-20-17-14-11-8-5-2/h7-12,16-21,25-28,30-31,33-34,44-45,47-48,68H,4-6,13-15,22-24,29,32,35-43,46,49-67H2,1-3H3/b10-7-,11-8-,12-9-,19-16-,20-17-,21-18-,27-25-,28-26-,31-30-,34-33-,47-44-,48-45-. The van der Waals surface area contributed by atoms with Crippen molar-refractivity contribution < 1.29 is 28.6 Å². The largest absolute Gasteiger partial charge is 0.462 e. The SMILES string of the molecule is CC/C=C\C/C=C\C/C=C\C/C=C\C/C=C\CCCCCCCCCCCCCCCC(=O)OCC(COC(=O)CCCCC/C=C\C/C=C\C/C=C\CC)OC(=O)CCCCCC/C=C\C/C=C\C/C=C\C/C=C\CC. The zero-order valence-corrected chi connectivity index (χ0v) is 49.7. The van der Waals surface area contributed by atoms with Gasteiger partial charge in [-0.2, -0.15) is 0 Å². The summed E-state index contributed by atoms with van der Waals surface area (Å²) in [5.74, 6) is -0.960. The van der Waals surface area contributed by atoms with E-state index >= 15 is 0 Å². The maximum Gasteiger partial charge on any atom is 0.306 e. The van der Waals surface area contributed by atoms with E-state index < -0.39 is 6.10 Å². The summed E-state index contributed by atoms with van der Waals surface area (Å²) in [5, 5.41) is 0. The van der Waals surface area contributed by atoms with Crippen molar-refractivity contribution in [3.8, 4) is 0 Å². The van der Waals surface area contributed by atoms with E-state index in [-0.39, 0.29) is 37.5 Å². The maximum absolute atomic E-state index is 12.9. The molecule has 0 aromatic rings. The Balaban J connectivity index is 4.32. The second-order valence-corrected chi connectivity index (χ2v) is 20.2. The third-order valence-corrected chi connectivity index (χ3v) is 12.8. The molecule has 434 valence electrons. The van der Waals surface area contributed by atoms with Gasteiger partial charge in [0.2, 0.25) is 0 Å². The van der Waals surface area contributed by atoms with Gasteiger partial charge in [0.05, 0.1) is 0 Å². The molecule has 0 aromatic carbocycles. The Morgan fingerprint density at radius 3 is 0.740 bits per heavy atom. The third kappa shape index (κ3) is 62.0. The summed E-state index contributed by atoms with van der Waals surface area (Å²) in [6, 6.07) is 0. The van der Waals surface area contributed by atoms with Crippen LogP contribution in [-0.2, 0) is 28.6 Å². The zero-order valence-electron chi connectivity index (χ0n) is 49.7. The normalized spacial score (nSPS) is 13.1. The zero-order chi connectivity index (χ0) is 55.7. The highest BCUT2D eigenvalue weighted by Gasteiger charge is 2.19. The molecule has 1 unspecified atom stereocenters. The molecule has 77 heavy (non-hydrogen) atoms. The number of carbonyl (C=O) groups excluding carboxylic acids is 3. The van der Waals surface area contributed by atoms with Gasteiger partial charge in [-0.05, 0) is 135 Å². The highest BCUT2D eigenvalue weighted by Crippen LogP contribution is 2.15. The molecule has 0 aliphatic rings. The van der Waals surface area contributed by atoms with Gasteiger partial charge in [-0.25, -0.2) is 0 Å². The molecule has 0 heterocycles. The van der Waals surface area contributed by atoms with Gasteiger partial charge in [0, 0.05) is 19.3 Å². The molecule has 6 nitrogen and oxygen atoms in total. The van der Waals surface area contributed by atoms with Crippen molar-refractivity contribution >= 4 is 17.9 Å². The van der Waals surface area contributed by atoms with Crippen molar-refractivity contribution in [3.63, 3.8) is 0 Å². The molecule has 0 aromatic heterocycles. The summed E-state index contributed by atoms with van der Waals surface area (Å²) < 4.78 is 16.9. The van der Waals surface area contributed by atoms with Gasteiger partial charge in [0.1, 0.15) is 13.2 Å². The highest BCUT2D eigenvalue weighted by atomic mass is 16.6. The Hall–Kier alpha value is -4.71. The molecule has 0 bridgehead atoms. The van der Waals surface area contributed by atoms with Crippen LogP contribution < -0.4 is 0 Å². The fraction of sp³-hybridized carbons (Fsp3) is 0.620. The fourth-order valence-electron chi connectivity index (χ4n) is 8.24. The van der Waals surface area contributed by atoms with Crippen LogP contribution in [-0.4, -0.2) is 37.2 Å². The van der Waals surface area contributed by atoms with Crippen LogP contribution in [0.4, 0.5) is 0 Å². The Labute approximate surface area is 474 Å². The van der Waals surface area contributed by atoms with Crippen LogP contribution in [0.1, 0.15) is 265 Å². The molecule has 0 N–H and O–H groups in total. The predicted octanol–water partition coefficient (Wildman–Crippen LogP) is 21.5. The summed E-state index contributed by atoms with van der Waals surface area (Å²) in [4.78, 5) is 38.2. The van der Waals surface area contributed by atoms with Gasteiger partial charge in [0.25, 0.3) is 0 Å². The number of hydrogen-bond donors (Lipinski definition) is 0. The topological polar surface area (TPSA) is 78.9 Å². The number of allylic oxidation sites excluding steroid dienone is 24. The number of rotatable bonds is 55. The van der Waals surface area contributed by atoms with Crippen molar-refractivity contribution in [2.75, 3.05) is 13.2 Å². The van der Waals surface area contributed by atoms with Crippen molar-refractivity contribution in [2.24, 2.45) is 0 Å². The van der Waals surface area contributed by atoms with E-state index in [1.54, 1.807) is 0 Å². The highest BCUT2D eigenvalue weighted by molar-refractivity contribution is 5.71. The smallest absolute Gasteiger partial charge is 0.306 e. The molecule has 6 heteroatoms. The van der Waals surface area contributed by atoms with Crippen LogP contribution in [0.3, 0.4) is 0 Å². The van der Waals surface area contributed by atoms with Gasteiger partial charge in [-0.1, -0.05) is 256 Å². The fourth-order valence-corrected chi connectivity index (χ4v) is 8.24. The Morgan fingerprint density at radius 1 is 0.260 bits per heavy atom. The molecule has 0 saturated carbocycles. The minimum absolute atomic E-state index is 0.102. The van der Waals surface area contributed by atoms with Gasteiger partial charge in [0.15, 0.2) is 6.10 Å². The van der Waals surface area contributed by atoms with E-state index in [0.29, 0.717) is 12.8 Å². The molecule has 0 aliphatic heterocycles. The van der Waals surface area contributed by atoms with Gasteiger partial charge >= 0.3 is 17.9 Å². The van der Waals surface area contributed by atoms with Crippen molar-refractivity contribution in [1.82, 2.24) is 0 Å². The molecule has 0 saturated heterocycles. The van der Waals surface area contributed by atoms with E-state index in [1.807, 2.05) is 0 Å². The monoisotopic (exact) mass is 1060 g/mol. The van der Waals surface area contributed by atoms with Crippen LogP contribution >= 0.6 is 0 Å². The first-order valence-corrected chi connectivity index (χ1v) is 31.3. The lowest BCUT2D eigenvalue weighted by molar-refractivity contribution is -0.167. The second-order valence-electron chi connectivity index (χ2n) is 20.2. The average Bonchev–Trinajstić information content (AvgIpc) is 3.43. The van der Waals surface area contributed by atoms with Gasteiger partial charge in [-0.15, -0.1) is 0 Å². The minimum Gasteiger partial charge on any atom is -0.462 e. The van der Waals surface area contributed by atoms with E-state index in [1.165, 1.54) is 70.6 Å². The first-order valence-electron chi connectivity index (χ1n) is 31.3. The molecular weight excluding hydrogens is 949 g/mol. The predicted molar refractivity (Wildman–Crippen MR) is 334 cm³/mol.